The number of hydrogen-bond donors (Lipinski definition) is 0. The minimum atomic E-state index is 0.472. The molecule has 0 amide bonds. The van der Waals surface area contributed by atoms with E-state index in [0.29, 0.717) is 12.5 Å². The second-order valence-electron chi connectivity index (χ2n) is 5.13. The zero-order valence-corrected chi connectivity index (χ0v) is 13.3. The van der Waals surface area contributed by atoms with Crippen LogP contribution in [0, 0.1) is 6.92 Å². The zero-order valence-electron chi connectivity index (χ0n) is 12.5. The van der Waals surface area contributed by atoms with Crippen molar-refractivity contribution in [1.82, 2.24) is 9.97 Å². The van der Waals surface area contributed by atoms with Gasteiger partial charge in [0.1, 0.15) is 17.4 Å². The first-order valence-corrected chi connectivity index (χ1v) is 8.10. The Morgan fingerprint density at radius 1 is 1.09 bits per heavy atom. The molecule has 114 valence electrons. The number of nitrogens with zero attached hydrogens (tertiary/aromatic N) is 2. The van der Waals surface area contributed by atoms with Crippen LogP contribution in [0.3, 0.4) is 0 Å². The van der Waals surface area contributed by atoms with Crippen LogP contribution in [-0.4, -0.2) is 9.97 Å². The molecule has 0 saturated heterocycles. The molecule has 2 heterocycles. The highest BCUT2D eigenvalue weighted by molar-refractivity contribution is 7.18. The van der Waals surface area contributed by atoms with Crippen LogP contribution in [-0.2, 0) is 6.61 Å². The van der Waals surface area contributed by atoms with Gasteiger partial charge in [-0.05, 0) is 36.4 Å². The average Bonchev–Trinajstić information content (AvgIpc) is 3.19. The third-order valence-electron chi connectivity index (χ3n) is 3.46. The molecule has 2 aromatic heterocycles. The molecule has 4 aromatic rings. The van der Waals surface area contributed by atoms with E-state index >= 15 is 0 Å². The lowest BCUT2D eigenvalue weighted by Gasteiger charge is -2.04. The molecule has 2 aromatic carbocycles. The number of para-hydroxylation sites is 1. The summed E-state index contributed by atoms with van der Waals surface area (Å²) in [5.41, 5.74) is 2.00. The lowest BCUT2D eigenvalue weighted by atomic mass is 10.2. The lowest BCUT2D eigenvalue weighted by molar-refractivity contribution is 0.306. The summed E-state index contributed by atoms with van der Waals surface area (Å²) >= 11 is 1.66. The minimum Gasteiger partial charge on any atom is -0.486 e. The van der Waals surface area contributed by atoms with Gasteiger partial charge in [0.05, 0.1) is 16.4 Å². The smallest absolute Gasteiger partial charge is 0.191 e. The van der Waals surface area contributed by atoms with Crippen molar-refractivity contribution in [2.45, 2.75) is 13.5 Å². The van der Waals surface area contributed by atoms with Gasteiger partial charge < -0.3 is 9.15 Å². The molecule has 0 aliphatic heterocycles. The number of fused-ring (bicyclic) bond motifs is 1. The van der Waals surface area contributed by atoms with Crippen LogP contribution in [0.15, 0.2) is 59.1 Å². The van der Waals surface area contributed by atoms with Gasteiger partial charge in [0.25, 0.3) is 0 Å². The third-order valence-corrected chi connectivity index (χ3v) is 4.47. The van der Waals surface area contributed by atoms with E-state index < -0.39 is 0 Å². The molecule has 0 bridgehead atoms. The molecule has 0 fully saturated rings. The first-order chi connectivity index (χ1) is 11.3. The van der Waals surface area contributed by atoms with Gasteiger partial charge in [-0.15, -0.1) is 11.3 Å². The van der Waals surface area contributed by atoms with Crippen LogP contribution in [0.4, 0.5) is 0 Å². The number of ether oxygens (including phenoxy) is 1. The van der Waals surface area contributed by atoms with Crippen molar-refractivity contribution in [3.05, 3.63) is 65.6 Å². The Balaban J connectivity index is 1.46. The summed E-state index contributed by atoms with van der Waals surface area (Å²) in [6.07, 6.45) is 1.73. The van der Waals surface area contributed by atoms with Gasteiger partial charge in [-0.3, -0.25) is 0 Å². The van der Waals surface area contributed by atoms with E-state index in [1.54, 1.807) is 17.5 Å². The molecule has 0 aliphatic carbocycles. The Kier molecular flexibility index (Phi) is 3.55. The van der Waals surface area contributed by atoms with E-state index in [-0.39, 0.29) is 0 Å². The maximum absolute atomic E-state index is 5.82. The number of rotatable bonds is 4. The van der Waals surface area contributed by atoms with Gasteiger partial charge in [0.2, 0.25) is 0 Å². The average molecular weight is 322 g/mol. The predicted octanol–water partition coefficient (Wildman–Crippen LogP) is 4.84. The Morgan fingerprint density at radius 2 is 1.91 bits per heavy atom. The Morgan fingerprint density at radius 3 is 2.65 bits per heavy atom. The van der Waals surface area contributed by atoms with Crippen molar-refractivity contribution in [1.29, 1.82) is 0 Å². The van der Waals surface area contributed by atoms with Crippen molar-refractivity contribution in [3.63, 3.8) is 0 Å². The molecule has 0 aliphatic rings. The van der Waals surface area contributed by atoms with E-state index in [1.165, 1.54) is 4.70 Å². The Labute approximate surface area is 137 Å². The molecule has 23 heavy (non-hydrogen) atoms. The van der Waals surface area contributed by atoms with Crippen LogP contribution in [0.25, 0.3) is 21.5 Å². The largest absolute Gasteiger partial charge is 0.486 e. The van der Waals surface area contributed by atoms with Crippen LogP contribution in [0.1, 0.15) is 10.9 Å². The highest BCUT2D eigenvalue weighted by Gasteiger charge is 2.06. The molecule has 0 unspecified atom stereocenters. The fraction of sp³-hybridized carbons (Fsp3) is 0.111. The fourth-order valence-electron chi connectivity index (χ4n) is 2.34. The summed E-state index contributed by atoms with van der Waals surface area (Å²) in [6.45, 7) is 2.30. The van der Waals surface area contributed by atoms with Gasteiger partial charge in [-0.1, -0.05) is 12.1 Å². The van der Waals surface area contributed by atoms with E-state index in [9.17, 15) is 0 Å². The molecule has 0 spiro atoms. The summed E-state index contributed by atoms with van der Waals surface area (Å²) in [4.78, 5) is 8.67. The lowest BCUT2D eigenvalue weighted by Crippen LogP contribution is -1.94. The van der Waals surface area contributed by atoms with Crippen LogP contribution in [0.2, 0.25) is 0 Å². The molecule has 0 saturated carbocycles. The van der Waals surface area contributed by atoms with Gasteiger partial charge in [-0.25, -0.2) is 9.97 Å². The maximum Gasteiger partial charge on any atom is 0.191 e. The molecular weight excluding hydrogens is 308 g/mol. The monoisotopic (exact) mass is 322 g/mol. The molecule has 0 atom stereocenters. The molecular formula is C18H14N2O2S. The van der Waals surface area contributed by atoms with Gasteiger partial charge in [0, 0.05) is 12.5 Å². The van der Waals surface area contributed by atoms with Crippen molar-refractivity contribution in [3.8, 4) is 17.1 Å². The summed E-state index contributed by atoms with van der Waals surface area (Å²) in [7, 11) is 0. The summed E-state index contributed by atoms with van der Waals surface area (Å²) < 4.78 is 12.5. The standard InChI is InChI=1S/C18H14N2O2S/c1-12-19-10-16(22-12)13-6-8-14(9-7-13)21-11-18-20-15-4-2-3-5-17(15)23-18/h2-10H,11H2,1H3. The van der Waals surface area contributed by atoms with Gasteiger partial charge in [0.15, 0.2) is 11.7 Å². The number of oxazole rings is 1. The number of aryl methyl sites for hydroxylation is 1. The highest BCUT2D eigenvalue weighted by atomic mass is 32.1. The first kappa shape index (κ1) is 14.0. The van der Waals surface area contributed by atoms with Crippen molar-refractivity contribution in [2.75, 3.05) is 0 Å². The SMILES string of the molecule is Cc1ncc(-c2ccc(OCc3nc4ccccc4s3)cc2)o1. The van der Waals surface area contributed by atoms with Crippen LogP contribution in [0.5, 0.6) is 5.75 Å². The van der Waals surface area contributed by atoms with Crippen LogP contribution < -0.4 is 4.74 Å². The second kappa shape index (κ2) is 5.85. The second-order valence-corrected chi connectivity index (χ2v) is 6.25. The molecule has 0 N–H and O–H groups in total. The summed E-state index contributed by atoms with van der Waals surface area (Å²) in [5, 5.41) is 0.973. The van der Waals surface area contributed by atoms with Crippen molar-refractivity contribution in [2.24, 2.45) is 0 Å². The first-order valence-electron chi connectivity index (χ1n) is 7.28. The third kappa shape index (κ3) is 2.96. The number of hydrogen-bond acceptors (Lipinski definition) is 5. The Bertz CT molecular complexity index is 908. The number of aromatic nitrogens is 2. The van der Waals surface area contributed by atoms with E-state index in [0.717, 1.165) is 27.6 Å². The topological polar surface area (TPSA) is 48.2 Å². The van der Waals surface area contributed by atoms with E-state index in [2.05, 4.69) is 16.0 Å². The Hall–Kier alpha value is -2.66. The normalized spacial score (nSPS) is 11.0. The zero-order chi connectivity index (χ0) is 15.6. The maximum atomic E-state index is 5.82. The van der Waals surface area contributed by atoms with E-state index in [1.807, 2.05) is 49.4 Å². The number of benzene rings is 2. The van der Waals surface area contributed by atoms with Crippen molar-refractivity contribution >= 4 is 21.6 Å². The highest BCUT2D eigenvalue weighted by Crippen LogP contribution is 2.25. The summed E-state index contributed by atoms with van der Waals surface area (Å²) in [6, 6.07) is 15.9. The van der Waals surface area contributed by atoms with Crippen LogP contribution >= 0.6 is 11.3 Å². The quantitative estimate of drug-likeness (QED) is 0.539. The molecule has 5 heteroatoms. The minimum absolute atomic E-state index is 0.472. The number of thiazole rings is 1. The van der Waals surface area contributed by atoms with Gasteiger partial charge >= 0.3 is 0 Å². The fourth-order valence-corrected chi connectivity index (χ4v) is 3.22. The summed E-state index contributed by atoms with van der Waals surface area (Å²) in [5.74, 6) is 2.24. The molecule has 0 radical (unpaired) electrons. The van der Waals surface area contributed by atoms with Gasteiger partial charge in [-0.2, -0.15) is 0 Å². The molecule has 4 nitrogen and oxygen atoms in total. The van der Waals surface area contributed by atoms with E-state index in [4.69, 9.17) is 9.15 Å². The van der Waals surface area contributed by atoms with Crippen molar-refractivity contribution < 1.29 is 9.15 Å². The predicted molar refractivity (Wildman–Crippen MR) is 90.6 cm³/mol. The molecule has 4 rings (SSSR count).